The van der Waals surface area contributed by atoms with Crippen molar-refractivity contribution in [3.63, 3.8) is 0 Å². The minimum absolute atomic E-state index is 0.0108. The van der Waals surface area contributed by atoms with Gasteiger partial charge in [-0.1, -0.05) is 0 Å². The largest absolute Gasteiger partial charge is 0.550 e. The summed E-state index contributed by atoms with van der Waals surface area (Å²) < 4.78 is 0. The normalized spacial score (nSPS) is 14.0. The molecule has 0 bridgehead atoms. The minimum Gasteiger partial charge on any atom is -0.550 e. The van der Waals surface area contributed by atoms with E-state index in [1.165, 1.54) is 0 Å². The highest BCUT2D eigenvalue weighted by atomic mass is 32.1. The fourth-order valence-corrected chi connectivity index (χ4v) is 0.887. The lowest BCUT2D eigenvalue weighted by molar-refractivity contribution is -0.317. The highest BCUT2D eigenvalue weighted by Gasteiger charge is 2.17. The molecule has 0 aliphatic carbocycles. The summed E-state index contributed by atoms with van der Waals surface area (Å²) in [6.45, 7) is 0. The Morgan fingerprint density at radius 1 is 1.33 bits per heavy atom. The molecule has 0 aliphatic rings. The van der Waals surface area contributed by atoms with Crippen molar-refractivity contribution in [2.45, 2.75) is 18.5 Å². The maximum atomic E-state index is 11.1. The van der Waals surface area contributed by atoms with Crippen molar-refractivity contribution in [3.8, 4) is 0 Å². The summed E-state index contributed by atoms with van der Waals surface area (Å²) in [5.41, 5.74) is 5.23. The Bertz CT molecular complexity index is 270. The first-order valence-corrected chi connectivity index (χ1v) is 4.59. The number of carboxylic acid groups (broad SMARTS) is 2. The van der Waals surface area contributed by atoms with Gasteiger partial charge in [-0.25, -0.2) is 0 Å². The molecule has 0 heterocycles. The summed E-state index contributed by atoms with van der Waals surface area (Å²) >= 11 is 3.72. The zero-order valence-electron chi connectivity index (χ0n) is 7.63. The standard InChI is InChI=1S/C7H12N2O5S/c8-3(2-15)6(12)9-4(7(13)14)1-5(10)11/h3-4,15H,1-2,8H2,(H,9,12)(H,10,11)(H,13,14)/p-2. The smallest absolute Gasteiger partial charge is 0.238 e. The van der Waals surface area contributed by atoms with Crippen LogP contribution in [0.5, 0.6) is 0 Å². The van der Waals surface area contributed by atoms with Crippen molar-refractivity contribution in [1.82, 2.24) is 5.32 Å². The molecule has 0 fully saturated rings. The van der Waals surface area contributed by atoms with E-state index in [1.807, 2.05) is 5.32 Å². The molecule has 0 radical (unpaired) electrons. The molecular weight excluding hydrogens is 224 g/mol. The number of hydrogen-bond donors (Lipinski definition) is 3. The quantitative estimate of drug-likeness (QED) is 0.397. The second kappa shape index (κ2) is 6.25. The Morgan fingerprint density at radius 2 is 1.87 bits per heavy atom. The second-order valence-corrected chi connectivity index (χ2v) is 3.11. The average Bonchev–Trinajstić information content (AvgIpc) is 2.14. The fraction of sp³-hybridized carbons (Fsp3) is 0.571. The minimum atomic E-state index is -1.71. The number of aliphatic carboxylic acids is 2. The van der Waals surface area contributed by atoms with E-state index in [0.717, 1.165) is 0 Å². The van der Waals surface area contributed by atoms with Crippen LogP contribution in [0.4, 0.5) is 0 Å². The van der Waals surface area contributed by atoms with E-state index < -0.39 is 36.4 Å². The van der Waals surface area contributed by atoms with Gasteiger partial charge in [0, 0.05) is 18.1 Å². The van der Waals surface area contributed by atoms with E-state index in [0.29, 0.717) is 0 Å². The lowest BCUT2D eigenvalue weighted by Gasteiger charge is -2.21. The van der Waals surface area contributed by atoms with Crippen molar-refractivity contribution < 1.29 is 24.6 Å². The number of carbonyl (C=O) groups excluding carboxylic acids is 3. The molecule has 0 saturated carbocycles. The van der Waals surface area contributed by atoms with Gasteiger partial charge in [0.2, 0.25) is 5.91 Å². The van der Waals surface area contributed by atoms with Crippen LogP contribution in [-0.2, 0) is 14.4 Å². The molecule has 0 saturated heterocycles. The van der Waals surface area contributed by atoms with Crippen LogP contribution >= 0.6 is 12.6 Å². The highest BCUT2D eigenvalue weighted by Crippen LogP contribution is 1.92. The van der Waals surface area contributed by atoms with Crippen molar-refractivity contribution in [1.29, 1.82) is 0 Å². The summed E-state index contributed by atoms with van der Waals surface area (Å²) in [5.74, 6) is -4.11. The van der Waals surface area contributed by atoms with Crippen LogP contribution < -0.4 is 21.3 Å². The maximum Gasteiger partial charge on any atom is 0.238 e. The van der Waals surface area contributed by atoms with E-state index >= 15 is 0 Å². The molecule has 0 aromatic carbocycles. The molecular formula is C7H10N2O5S-2. The zero-order valence-corrected chi connectivity index (χ0v) is 8.53. The molecule has 0 spiro atoms. The first-order chi connectivity index (χ1) is 6.88. The van der Waals surface area contributed by atoms with Crippen molar-refractivity contribution in [3.05, 3.63) is 0 Å². The molecule has 2 atom stereocenters. The summed E-state index contributed by atoms with van der Waals surface area (Å²) in [6.07, 6.45) is -0.868. The van der Waals surface area contributed by atoms with Gasteiger partial charge >= 0.3 is 0 Å². The summed E-state index contributed by atoms with van der Waals surface area (Å²) in [4.78, 5) is 31.6. The van der Waals surface area contributed by atoms with Crippen LogP contribution in [0.25, 0.3) is 0 Å². The predicted octanol–water partition coefficient (Wildman–Crippen LogP) is -4.38. The van der Waals surface area contributed by atoms with Gasteiger partial charge in [0.1, 0.15) is 0 Å². The van der Waals surface area contributed by atoms with Gasteiger partial charge in [-0.2, -0.15) is 12.6 Å². The predicted molar refractivity (Wildman–Crippen MR) is 48.4 cm³/mol. The number of amides is 1. The Morgan fingerprint density at radius 3 is 2.20 bits per heavy atom. The summed E-state index contributed by atoms with van der Waals surface area (Å²) in [5, 5.41) is 22.4. The number of hydrogen-bond acceptors (Lipinski definition) is 7. The van der Waals surface area contributed by atoms with E-state index in [1.54, 1.807) is 0 Å². The van der Waals surface area contributed by atoms with Crippen LogP contribution in [-0.4, -0.2) is 35.7 Å². The van der Waals surface area contributed by atoms with Crippen LogP contribution in [0.1, 0.15) is 6.42 Å². The molecule has 15 heavy (non-hydrogen) atoms. The Labute approximate surface area is 91.0 Å². The fourth-order valence-electron chi connectivity index (χ4n) is 0.722. The molecule has 0 aliphatic heterocycles. The van der Waals surface area contributed by atoms with Gasteiger partial charge in [-0.15, -0.1) is 0 Å². The van der Waals surface area contributed by atoms with E-state index in [2.05, 4.69) is 12.6 Å². The molecule has 8 heteroatoms. The number of nitrogens with one attached hydrogen (secondary N) is 1. The third-order valence-corrected chi connectivity index (χ3v) is 1.90. The highest BCUT2D eigenvalue weighted by molar-refractivity contribution is 7.80. The van der Waals surface area contributed by atoms with Crippen LogP contribution in [0.15, 0.2) is 0 Å². The third kappa shape index (κ3) is 5.23. The van der Waals surface area contributed by atoms with Crippen molar-refractivity contribution in [2.24, 2.45) is 5.73 Å². The molecule has 2 unspecified atom stereocenters. The van der Waals surface area contributed by atoms with Gasteiger partial charge in [-0.05, 0) is 0 Å². The number of rotatable bonds is 6. The third-order valence-electron chi connectivity index (χ3n) is 1.51. The number of carbonyl (C=O) groups is 3. The molecule has 0 rings (SSSR count). The van der Waals surface area contributed by atoms with Crippen LogP contribution in [0, 0.1) is 0 Å². The van der Waals surface area contributed by atoms with Crippen molar-refractivity contribution >= 4 is 30.5 Å². The van der Waals surface area contributed by atoms with E-state index in [4.69, 9.17) is 5.73 Å². The van der Waals surface area contributed by atoms with Crippen LogP contribution in [0.3, 0.4) is 0 Å². The number of nitrogens with two attached hydrogens (primary N) is 1. The maximum absolute atomic E-state index is 11.1. The second-order valence-electron chi connectivity index (χ2n) is 2.75. The Kier molecular flexibility index (Phi) is 5.72. The van der Waals surface area contributed by atoms with Gasteiger partial charge in [-0.3, -0.25) is 4.79 Å². The Hall–Kier alpha value is -1.28. The van der Waals surface area contributed by atoms with E-state index in [-0.39, 0.29) is 5.75 Å². The first kappa shape index (κ1) is 13.7. The topological polar surface area (TPSA) is 135 Å². The number of thiol groups is 1. The van der Waals surface area contributed by atoms with Crippen LogP contribution in [0.2, 0.25) is 0 Å². The summed E-state index contributed by atoms with van der Waals surface area (Å²) in [7, 11) is 0. The molecule has 7 nitrogen and oxygen atoms in total. The molecule has 0 aromatic heterocycles. The van der Waals surface area contributed by atoms with Crippen molar-refractivity contribution in [2.75, 3.05) is 5.75 Å². The van der Waals surface area contributed by atoms with Gasteiger partial charge in [0.25, 0.3) is 0 Å². The number of carboxylic acids is 2. The van der Waals surface area contributed by atoms with Gasteiger partial charge in [0.05, 0.1) is 18.1 Å². The average molecular weight is 234 g/mol. The Balaban J connectivity index is 4.35. The first-order valence-electron chi connectivity index (χ1n) is 3.96. The van der Waals surface area contributed by atoms with Gasteiger partial charge < -0.3 is 30.9 Å². The van der Waals surface area contributed by atoms with Gasteiger partial charge in [0.15, 0.2) is 0 Å². The zero-order chi connectivity index (χ0) is 12.0. The molecule has 0 aromatic rings. The molecule has 3 N–H and O–H groups in total. The van der Waals surface area contributed by atoms with E-state index in [9.17, 15) is 24.6 Å². The molecule has 1 amide bonds. The lowest BCUT2D eigenvalue weighted by Crippen LogP contribution is -2.54. The molecule has 86 valence electrons. The SMILES string of the molecule is NC(CS)C(=O)NC(CC(=O)[O-])C(=O)[O-]. The monoisotopic (exact) mass is 234 g/mol. The summed E-state index contributed by atoms with van der Waals surface area (Å²) in [6, 6.07) is -2.65. The lowest BCUT2D eigenvalue weighted by atomic mass is 10.2.